The fourth-order valence-electron chi connectivity index (χ4n) is 2.19. The minimum absolute atomic E-state index is 0.0292. The summed E-state index contributed by atoms with van der Waals surface area (Å²) in [6.07, 6.45) is 0. The van der Waals surface area contributed by atoms with E-state index in [1.54, 1.807) is 19.1 Å². The van der Waals surface area contributed by atoms with Crippen LogP contribution in [0.1, 0.15) is 23.6 Å². The molecule has 2 aromatic rings. The molecule has 2 rings (SSSR count). The fourth-order valence-corrected chi connectivity index (χ4v) is 2.19. The standard InChI is InChI=1S/C19H22N2O4/c1-12-5-6-13(2)18(9-12)25-11-19(23)21-20-14(3)16-8-7-15(24-4)10-17(16)22/h5-10,22H,11H2,1-4H3,(H,21,23)/b20-14+. The molecule has 0 saturated carbocycles. The zero-order valence-corrected chi connectivity index (χ0v) is 14.8. The maximum absolute atomic E-state index is 11.9. The number of phenolic OH excluding ortho intramolecular Hbond substituents is 1. The lowest BCUT2D eigenvalue weighted by Crippen LogP contribution is -2.25. The predicted molar refractivity (Wildman–Crippen MR) is 96.4 cm³/mol. The molecule has 0 aromatic heterocycles. The number of hydrogen-bond donors (Lipinski definition) is 2. The van der Waals surface area contributed by atoms with E-state index in [0.717, 1.165) is 11.1 Å². The van der Waals surface area contributed by atoms with Gasteiger partial charge >= 0.3 is 0 Å². The molecule has 2 aromatic carbocycles. The van der Waals surface area contributed by atoms with Gasteiger partial charge < -0.3 is 14.6 Å². The van der Waals surface area contributed by atoms with Crippen LogP contribution in [-0.2, 0) is 4.79 Å². The van der Waals surface area contributed by atoms with Crippen molar-refractivity contribution < 1.29 is 19.4 Å². The maximum Gasteiger partial charge on any atom is 0.277 e. The Morgan fingerprint density at radius 1 is 1.20 bits per heavy atom. The third kappa shape index (κ3) is 4.97. The zero-order chi connectivity index (χ0) is 18.4. The van der Waals surface area contributed by atoms with E-state index >= 15 is 0 Å². The van der Waals surface area contributed by atoms with Crippen LogP contribution in [0.5, 0.6) is 17.2 Å². The number of benzene rings is 2. The molecule has 132 valence electrons. The van der Waals surface area contributed by atoms with Crippen molar-refractivity contribution in [2.24, 2.45) is 5.10 Å². The molecule has 0 heterocycles. The van der Waals surface area contributed by atoms with Crippen LogP contribution < -0.4 is 14.9 Å². The Morgan fingerprint density at radius 2 is 1.96 bits per heavy atom. The van der Waals surface area contributed by atoms with Crippen molar-refractivity contribution in [3.63, 3.8) is 0 Å². The van der Waals surface area contributed by atoms with E-state index in [9.17, 15) is 9.90 Å². The third-order valence-corrected chi connectivity index (χ3v) is 3.65. The first-order chi connectivity index (χ1) is 11.9. The van der Waals surface area contributed by atoms with E-state index in [0.29, 0.717) is 22.8 Å². The van der Waals surface area contributed by atoms with Gasteiger partial charge in [0.05, 0.1) is 12.8 Å². The second-order valence-corrected chi connectivity index (χ2v) is 5.67. The molecule has 2 N–H and O–H groups in total. The van der Waals surface area contributed by atoms with E-state index in [2.05, 4.69) is 10.5 Å². The van der Waals surface area contributed by atoms with Gasteiger partial charge in [-0.15, -0.1) is 0 Å². The molecular formula is C19H22N2O4. The molecule has 6 heteroatoms. The number of hydrogen-bond acceptors (Lipinski definition) is 5. The number of amides is 1. The number of aromatic hydroxyl groups is 1. The molecule has 1 amide bonds. The summed E-state index contributed by atoms with van der Waals surface area (Å²) in [7, 11) is 1.52. The van der Waals surface area contributed by atoms with E-state index < -0.39 is 0 Å². The van der Waals surface area contributed by atoms with Crippen LogP contribution in [0.3, 0.4) is 0 Å². The van der Waals surface area contributed by atoms with Crippen molar-refractivity contribution >= 4 is 11.6 Å². The Balaban J connectivity index is 1.96. The average molecular weight is 342 g/mol. The van der Waals surface area contributed by atoms with Crippen LogP contribution in [0.15, 0.2) is 41.5 Å². The average Bonchev–Trinajstić information content (AvgIpc) is 2.60. The van der Waals surface area contributed by atoms with Gasteiger partial charge in [-0.05, 0) is 50.1 Å². The van der Waals surface area contributed by atoms with Crippen molar-refractivity contribution in [1.82, 2.24) is 5.43 Å². The molecule has 0 radical (unpaired) electrons. The van der Waals surface area contributed by atoms with Gasteiger partial charge in [0.2, 0.25) is 0 Å². The number of hydrazone groups is 1. The van der Waals surface area contributed by atoms with Gasteiger partial charge in [0.1, 0.15) is 17.2 Å². The Labute approximate surface area is 147 Å². The largest absolute Gasteiger partial charge is 0.507 e. The maximum atomic E-state index is 11.9. The van der Waals surface area contributed by atoms with Crippen LogP contribution in [0.2, 0.25) is 0 Å². The molecule has 0 unspecified atom stereocenters. The summed E-state index contributed by atoms with van der Waals surface area (Å²) in [5, 5.41) is 14.0. The van der Waals surface area contributed by atoms with Gasteiger partial charge in [-0.3, -0.25) is 4.79 Å². The van der Waals surface area contributed by atoms with Gasteiger partial charge in [0.25, 0.3) is 5.91 Å². The lowest BCUT2D eigenvalue weighted by Gasteiger charge is -2.10. The van der Waals surface area contributed by atoms with E-state index in [4.69, 9.17) is 9.47 Å². The van der Waals surface area contributed by atoms with Crippen LogP contribution >= 0.6 is 0 Å². The number of rotatable bonds is 6. The molecule has 0 fully saturated rings. The summed E-state index contributed by atoms with van der Waals surface area (Å²) in [6, 6.07) is 10.7. The molecule has 0 spiro atoms. The number of ether oxygens (including phenoxy) is 2. The van der Waals surface area contributed by atoms with E-state index in [-0.39, 0.29) is 18.3 Å². The van der Waals surface area contributed by atoms with Gasteiger partial charge in [-0.25, -0.2) is 5.43 Å². The molecule has 0 bridgehead atoms. The van der Waals surface area contributed by atoms with Gasteiger partial charge in [-0.2, -0.15) is 5.10 Å². The van der Waals surface area contributed by atoms with Gasteiger partial charge in [0.15, 0.2) is 6.61 Å². The molecule has 0 saturated heterocycles. The van der Waals surface area contributed by atoms with Gasteiger partial charge in [-0.1, -0.05) is 12.1 Å². The van der Waals surface area contributed by atoms with E-state index in [1.807, 2.05) is 32.0 Å². The highest BCUT2D eigenvalue weighted by molar-refractivity contribution is 6.01. The highest BCUT2D eigenvalue weighted by Gasteiger charge is 2.08. The van der Waals surface area contributed by atoms with E-state index in [1.165, 1.54) is 13.2 Å². The Hall–Kier alpha value is -3.02. The number of carbonyl (C=O) groups is 1. The minimum Gasteiger partial charge on any atom is -0.507 e. The normalized spacial score (nSPS) is 11.1. The first-order valence-electron chi connectivity index (χ1n) is 7.81. The van der Waals surface area contributed by atoms with Crippen molar-refractivity contribution in [3.8, 4) is 17.2 Å². The summed E-state index contributed by atoms with van der Waals surface area (Å²) < 4.78 is 10.6. The molecule has 0 aliphatic rings. The summed E-state index contributed by atoms with van der Waals surface area (Å²) in [5.74, 6) is 0.860. The van der Waals surface area contributed by atoms with Crippen LogP contribution in [0, 0.1) is 13.8 Å². The quantitative estimate of drug-likeness (QED) is 0.625. The second kappa shape index (κ2) is 8.19. The highest BCUT2D eigenvalue weighted by Crippen LogP contribution is 2.23. The minimum atomic E-state index is -0.381. The Bertz CT molecular complexity index is 800. The zero-order valence-electron chi connectivity index (χ0n) is 14.8. The molecule has 0 aliphatic carbocycles. The van der Waals surface area contributed by atoms with Crippen LogP contribution in [-0.4, -0.2) is 30.4 Å². The molecule has 0 aliphatic heterocycles. The number of carbonyl (C=O) groups excluding carboxylic acids is 1. The number of nitrogens with one attached hydrogen (secondary N) is 1. The topological polar surface area (TPSA) is 80.2 Å². The molecule has 6 nitrogen and oxygen atoms in total. The summed E-state index contributed by atoms with van der Waals surface area (Å²) in [6.45, 7) is 5.42. The lowest BCUT2D eigenvalue weighted by atomic mass is 10.1. The molecule has 0 atom stereocenters. The first kappa shape index (κ1) is 18.3. The number of methoxy groups -OCH3 is 1. The monoisotopic (exact) mass is 342 g/mol. The Kier molecular flexibility index (Phi) is 6.00. The second-order valence-electron chi connectivity index (χ2n) is 5.67. The summed E-state index contributed by atoms with van der Waals surface area (Å²) in [5.41, 5.74) is 5.43. The summed E-state index contributed by atoms with van der Waals surface area (Å²) in [4.78, 5) is 11.9. The van der Waals surface area contributed by atoms with Crippen molar-refractivity contribution in [2.45, 2.75) is 20.8 Å². The number of aryl methyl sites for hydroxylation is 2. The van der Waals surface area contributed by atoms with Crippen molar-refractivity contribution in [2.75, 3.05) is 13.7 Å². The fraction of sp³-hybridized carbons (Fsp3) is 0.263. The Morgan fingerprint density at radius 3 is 2.64 bits per heavy atom. The smallest absolute Gasteiger partial charge is 0.277 e. The SMILES string of the molecule is COc1ccc(/C(C)=N/NC(=O)COc2cc(C)ccc2C)c(O)c1. The van der Waals surface area contributed by atoms with Gasteiger partial charge in [0, 0.05) is 11.6 Å². The van der Waals surface area contributed by atoms with Crippen LogP contribution in [0.25, 0.3) is 0 Å². The number of phenols is 1. The van der Waals surface area contributed by atoms with Crippen molar-refractivity contribution in [3.05, 3.63) is 53.1 Å². The molecule has 25 heavy (non-hydrogen) atoms. The number of nitrogens with zero attached hydrogens (tertiary/aromatic N) is 1. The predicted octanol–water partition coefficient (Wildman–Crippen LogP) is 2.94. The van der Waals surface area contributed by atoms with Crippen molar-refractivity contribution in [1.29, 1.82) is 0 Å². The first-order valence-corrected chi connectivity index (χ1v) is 7.81. The highest BCUT2D eigenvalue weighted by atomic mass is 16.5. The molecular weight excluding hydrogens is 320 g/mol. The third-order valence-electron chi connectivity index (χ3n) is 3.65. The lowest BCUT2D eigenvalue weighted by molar-refractivity contribution is -0.123. The summed E-state index contributed by atoms with van der Waals surface area (Å²) >= 11 is 0. The van der Waals surface area contributed by atoms with Crippen LogP contribution in [0.4, 0.5) is 0 Å².